The molecule has 0 aliphatic heterocycles. The van der Waals surface area contributed by atoms with Crippen molar-refractivity contribution in [2.24, 2.45) is 4.99 Å². The largest absolute Gasteiger partial charge is 0.356 e. The molecular weight excluding hydrogens is 284 g/mol. The first-order valence-corrected chi connectivity index (χ1v) is 7.98. The van der Waals surface area contributed by atoms with Crippen molar-refractivity contribution in [3.05, 3.63) is 34.9 Å². The molecule has 118 valence electrons. The van der Waals surface area contributed by atoms with Gasteiger partial charge in [-0.25, -0.2) is 0 Å². The second-order valence-electron chi connectivity index (χ2n) is 4.86. The van der Waals surface area contributed by atoms with Crippen molar-refractivity contribution in [2.75, 3.05) is 33.2 Å². The second kappa shape index (κ2) is 10.5. The van der Waals surface area contributed by atoms with Gasteiger partial charge in [0.05, 0.1) is 0 Å². The first-order valence-electron chi connectivity index (χ1n) is 7.60. The Bertz CT molecular complexity index is 430. The van der Waals surface area contributed by atoms with Crippen LogP contribution in [-0.4, -0.2) is 44.1 Å². The molecule has 1 aromatic rings. The predicted octanol–water partition coefficient (Wildman–Crippen LogP) is 2.74. The van der Waals surface area contributed by atoms with Crippen molar-refractivity contribution >= 4 is 17.6 Å². The zero-order chi connectivity index (χ0) is 15.5. The van der Waals surface area contributed by atoms with Crippen LogP contribution in [0.1, 0.15) is 25.8 Å². The van der Waals surface area contributed by atoms with Crippen molar-refractivity contribution in [1.29, 1.82) is 0 Å². The molecule has 0 amide bonds. The molecule has 0 aromatic heterocycles. The second-order valence-corrected chi connectivity index (χ2v) is 5.30. The van der Waals surface area contributed by atoms with Gasteiger partial charge in [-0.3, -0.25) is 4.99 Å². The van der Waals surface area contributed by atoms with Crippen LogP contribution in [0.2, 0.25) is 5.02 Å². The Morgan fingerprint density at radius 2 is 2.00 bits per heavy atom. The maximum absolute atomic E-state index is 5.98. The highest BCUT2D eigenvalue weighted by Gasteiger charge is 2.01. The van der Waals surface area contributed by atoms with E-state index in [-0.39, 0.29) is 0 Å². The van der Waals surface area contributed by atoms with Crippen LogP contribution in [0.4, 0.5) is 0 Å². The Kier molecular flexibility index (Phi) is 8.87. The number of halogens is 1. The fourth-order valence-corrected chi connectivity index (χ4v) is 2.32. The minimum atomic E-state index is 0.719. The van der Waals surface area contributed by atoms with Gasteiger partial charge in [-0.15, -0.1) is 0 Å². The number of hydrogen-bond acceptors (Lipinski definition) is 2. The molecule has 5 heteroatoms. The molecule has 0 atom stereocenters. The highest BCUT2D eigenvalue weighted by molar-refractivity contribution is 6.30. The summed E-state index contributed by atoms with van der Waals surface area (Å²) < 4.78 is 0. The van der Waals surface area contributed by atoms with E-state index in [1.54, 1.807) is 7.05 Å². The maximum Gasteiger partial charge on any atom is 0.191 e. The highest BCUT2D eigenvalue weighted by atomic mass is 35.5. The predicted molar refractivity (Wildman–Crippen MR) is 92.1 cm³/mol. The number of hydrogen-bond donors (Lipinski definition) is 2. The molecule has 0 aliphatic carbocycles. The quantitative estimate of drug-likeness (QED) is 0.440. The van der Waals surface area contributed by atoms with E-state index < -0.39 is 0 Å². The van der Waals surface area contributed by atoms with E-state index in [4.69, 9.17) is 11.6 Å². The van der Waals surface area contributed by atoms with Crippen LogP contribution in [0.3, 0.4) is 0 Å². The van der Waals surface area contributed by atoms with E-state index in [2.05, 4.69) is 34.4 Å². The van der Waals surface area contributed by atoms with Crippen molar-refractivity contribution < 1.29 is 0 Å². The van der Waals surface area contributed by atoms with Gasteiger partial charge in [0, 0.05) is 25.2 Å². The first kappa shape index (κ1) is 17.8. The molecule has 0 spiro atoms. The average Bonchev–Trinajstić information content (AvgIpc) is 2.50. The van der Waals surface area contributed by atoms with Gasteiger partial charge in [-0.1, -0.05) is 37.6 Å². The lowest BCUT2D eigenvalue weighted by Gasteiger charge is -2.18. The van der Waals surface area contributed by atoms with Gasteiger partial charge in [-0.05, 0) is 43.8 Å². The first-order chi connectivity index (χ1) is 10.2. The monoisotopic (exact) mass is 310 g/mol. The molecule has 21 heavy (non-hydrogen) atoms. The fraction of sp³-hybridized carbons (Fsp3) is 0.562. The summed E-state index contributed by atoms with van der Waals surface area (Å²) in [5, 5.41) is 7.39. The number of nitrogens with one attached hydrogen (secondary N) is 2. The lowest BCUT2D eigenvalue weighted by atomic mass is 10.2. The fourth-order valence-electron chi connectivity index (χ4n) is 2.10. The maximum atomic E-state index is 5.98. The molecule has 0 bridgehead atoms. The molecule has 0 saturated heterocycles. The zero-order valence-electron chi connectivity index (χ0n) is 13.3. The van der Waals surface area contributed by atoms with Gasteiger partial charge in [0.2, 0.25) is 0 Å². The molecule has 0 fully saturated rings. The number of guanidine groups is 1. The van der Waals surface area contributed by atoms with E-state index in [9.17, 15) is 0 Å². The lowest BCUT2D eigenvalue weighted by Crippen LogP contribution is -2.38. The molecule has 1 rings (SSSR count). The van der Waals surface area contributed by atoms with Crippen LogP contribution >= 0.6 is 11.6 Å². The van der Waals surface area contributed by atoms with Gasteiger partial charge >= 0.3 is 0 Å². The van der Waals surface area contributed by atoms with Crippen molar-refractivity contribution in [3.8, 4) is 0 Å². The highest BCUT2D eigenvalue weighted by Crippen LogP contribution is 2.10. The minimum absolute atomic E-state index is 0.719. The van der Waals surface area contributed by atoms with Crippen LogP contribution < -0.4 is 10.6 Å². The molecule has 0 aliphatic rings. The van der Waals surface area contributed by atoms with E-state index in [0.29, 0.717) is 0 Å². The standard InChI is InChI=1S/C16H27ClN4/c1-4-21(5-2)11-7-10-19-16(18-3)20-13-14-8-6-9-15(17)12-14/h6,8-9,12H,4-5,7,10-11,13H2,1-3H3,(H2,18,19,20). The van der Waals surface area contributed by atoms with Gasteiger partial charge < -0.3 is 15.5 Å². The van der Waals surface area contributed by atoms with Crippen molar-refractivity contribution in [1.82, 2.24) is 15.5 Å². The zero-order valence-corrected chi connectivity index (χ0v) is 14.1. The molecular formula is C16H27ClN4. The van der Waals surface area contributed by atoms with Crippen molar-refractivity contribution in [2.45, 2.75) is 26.8 Å². The topological polar surface area (TPSA) is 39.7 Å². The number of nitrogens with zero attached hydrogens (tertiary/aromatic N) is 2. The molecule has 0 saturated carbocycles. The Hall–Kier alpha value is -1.26. The normalized spacial score (nSPS) is 11.8. The minimum Gasteiger partial charge on any atom is -0.356 e. The van der Waals surface area contributed by atoms with E-state index in [1.807, 2.05) is 24.3 Å². The number of rotatable bonds is 8. The summed E-state index contributed by atoms with van der Waals surface area (Å²) >= 11 is 5.98. The third kappa shape index (κ3) is 7.34. The van der Waals surface area contributed by atoms with Crippen molar-refractivity contribution in [3.63, 3.8) is 0 Å². The van der Waals surface area contributed by atoms with Gasteiger partial charge in [-0.2, -0.15) is 0 Å². The van der Waals surface area contributed by atoms with Gasteiger partial charge in [0.15, 0.2) is 5.96 Å². The molecule has 0 radical (unpaired) electrons. The van der Waals surface area contributed by atoms with Gasteiger partial charge in [0.25, 0.3) is 0 Å². The summed E-state index contributed by atoms with van der Waals surface area (Å²) in [4.78, 5) is 6.65. The van der Waals surface area contributed by atoms with Crippen LogP contribution in [0.15, 0.2) is 29.3 Å². The van der Waals surface area contributed by atoms with Crippen LogP contribution in [0.25, 0.3) is 0 Å². The summed E-state index contributed by atoms with van der Waals surface area (Å²) in [5.74, 6) is 0.828. The number of benzene rings is 1. The molecule has 1 aromatic carbocycles. The van der Waals surface area contributed by atoms with Crippen LogP contribution in [-0.2, 0) is 6.54 Å². The summed E-state index contributed by atoms with van der Waals surface area (Å²) in [5.41, 5.74) is 1.15. The van der Waals surface area contributed by atoms with Crippen LogP contribution in [0, 0.1) is 0 Å². The smallest absolute Gasteiger partial charge is 0.191 e. The molecule has 4 nitrogen and oxygen atoms in total. The summed E-state index contributed by atoms with van der Waals surface area (Å²) in [6.45, 7) is 9.37. The Morgan fingerprint density at radius 3 is 2.62 bits per heavy atom. The Morgan fingerprint density at radius 1 is 1.24 bits per heavy atom. The third-order valence-electron chi connectivity index (χ3n) is 3.41. The van der Waals surface area contributed by atoms with E-state index >= 15 is 0 Å². The Labute approximate surface area is 133 Å². The molecule has 2 N–H and O–H groups in total. The van der Waals surface area contributed by atoms with Crippen LogP contribution in [0.5, 0.6) is 0 Å². The summed E-state index contributed by atoms with van der Waals surface area (Å²) in [6, 6.07) is 7.85. The molecule has 0 unspecified atom stereocenters. The third-order valence-corrected chi connectivity index (χ3v) is 3.65. The van der Waals surface area contributed by atoms with E-state index in [1.165, 1.54) is 0 Å². The molecule has 0 heterocycles. The lowest BCUT2D eigenvalue weighted by molar-refractivity contribution is 0.300. The SMILES string of the molecule is CCN(CC)CCCNC(=NC)NCc1cccc(Cl)c1. The summed E-state index contributed by atoms with van der Waals surface area (Å²) in [6.07, 6.45) is 1.11. The Balaban J connectivity index is 2.26. The van der Waals surface area contributed by atoms with E-state index in [0.717, 1.165) is 55.7 Å². The van der Waals surface area contributed by atoms with Gasteiger partial charge in [0.1, 0.15) is 0 Å². The summed E-state index contributed by atoms with van der Waals surface area (Å²) in [7, 11) is 1.79. The number of aliphatic imine (C=N–C) groups is 1. The average molecular weight is 311 g/mol.